The van der Waals surface area contributed by atoms with Crippen LogP contribution >= 0.6 is 0 Å². The quantitative estimate of drug-likeness (QED) is 0.555. The molecule has 0 aromatic carbocycles. The highest BCUT2D eigenvalue weighted by Crippen LogP contribution is 2.43. The molecule has 1 saturated heterocycles. The molecule has 0 atom stereocenters. The molecule has 0 bridgehead atoms. The third-order valence-electron chi connectivity index (χ3n) is 4.54. The SMILES string of the molecule is CC1(C)CB(C2=C/C/C(CC(F)(F)F)=C\C/C=C\2N)OC(C)(C)C1. The molecule has 2 nitrogen and oxygen atoms in total. The van der Waals surface area contributed by atoms with E-state index in [0.29, 0.717) is 17.7 Å². The van der Waals surface area contributed by atoms with Gasteiger partial charge in [-0.3, -0.25) is 0 Å². The summed E-state index contributed by atoms with van der Waals surface area (Å²) < 4.78 is 44.3. The molecule has 0 aromatic rings. The van der Waals surface area contributed by atoms with Crippen molar-refractivity contribution in [2.45, 2.75) is 71.5 Å². The molecular weight excluding hydrogens is 314 g/mol. The van der Waals surface area contributed by atoms with E-state index in [0.717, 1.165) is 18.2 Å². The molecule has 2 rings (SSSR count). The first-order valence-corrected chi connectivity index (χ1v) is 8.45. The predicted molar refractivity (Wildman–Crippen MR) is 92.5 cm³/mol. The van der Waals surface area contributed by atoms with Gasteiger partial charge in [-0.2, -0.15) is 13.2 Å². The molecule has 0 saturated carbocycles. The van der Waals surface area contributed by atoms with E-state index in [1.165, 1.54) is 0 Å². The average Bonchev–Trinajstić information content (AvgIpc) is 2.30. The molecule has 1 aliphatic heterocycles. The monoisotopic (exact) mass is 341 g/mol. The van der Waals surface area contributed by atoms with Crippen LogP contribution in [0.3, 0.4) is 0 Å². The summed E-state index contributed by atoms with van der Waals surface area (Å²) >= 11 is 0. The van der Waals surface area contributed by atoms with Crippen molar-refractivity contribution in [3.8, 4) is 0 Å². The van der Waals surface area contributed by atoms with E-state index in [1.54, 1.807) is 12.2 Å². The molecule has 0 radical (unpaired) electrons. The lowest BCUT2D eigenvalue weighted by molar-refractivity contribution is -0.127. The summed E-state index contributed by atoms with van der Waals surface area (Å²) in [5.41, 5.74) is 7.86. The van der Waals surface area contributed by atoms with Crippen LogP contribution in [-0.2, 0) is 4.65 Å². The molecule has 1 aliphatic carbocycles. The summed E-state index contributed by atoms with van der Waals surface area (Å²) in [6.07, 6.45) is 2.64. The zero-order valence-electron chi connectivity index (χ0n) is 15.0. The second-order valence-corrected chi connectivity index (χ2v) is 8.32. The van der Waals surface area contributed by atoms with Crippen LogP contribution in [0.4, 0.5) is 13.2 Å². The predicted octanol–water partition coefficient (Wildman–Crippen LogP) is 5.18. The zero-order chi connectivity index (χ0) is 18.2. The van der Waals surface area contributed by atoms with Gasteiger partial charge >= 0.3 is 13.1 Å². The maximum atomic E-state index is 12.7. The van der Waals surface area contributed by atoms with Crippen molar-refractivity contribution in [3.63, 3.8) is 0 Å². The van der Waals surface area contributed by atoms with E-state index in [9.17, 15) is 13.2 Å². The maximum absolute atomic E-state index is 12.7. The lowest BCUT2D eigenvalue weighted by Gasteiger charge is -2.45. The molecule has 1 fully saturated rings. The number of alkyl halides is 3. The first-order valence-electron chi connectivity index (χ1n) is 8.45. The Morgan fingerprint density at radius 3 is 2.42 bits per heavy atom. The minimum atomic E-state index is -4.18. The molecular formula is C18H27BF3NO. The van der Waals surface area contributed by atoms with Crippen LogP contribution < -0.4 is 5.73 Å². The van der Waals surface area contributed by atoms with Crippen molar-refractivity contribution in [1.82, 2.24) is 0 Å². The zero-order valence-corrected chi connectivity index (χ0v) is 15.0. The summed E-state index contributed by atoms with van der Waals surface area (Å²) in [5, 5.41) is 0. The Labute approximate surface area is 143 Å². The largest absolute Gasteiger partial charge is 0.426 e. The average molecular weight is 341 g/mol. The molecule has 6 heteroatoms. The van der Waals surface area contributed by atoms with Gasteiger partial charge in [0.2, 0.25) is 0 Å². The molecule has 2 aliphatic rings. The lowest BCUT2D eigenvalue weighted by Crippen LogP contribution is -2.47. The van der Waals surface area contributed by atoms with Gasteiger partial charge in [-0.05, 0) is 50.3 Å². The molecule has 0 aromatic heterocycles. The number of allylic oxidation sites excluding steroid dienone is 5. The van der Waals surface area contributed by atoms with E-state index < -0.39 is 12.6 Å². The van der Waals surface area contributed by atoms with Gasteiger partial charge in [0.25, 0.3) is 0 Å². The van der Waals surface area contributed by atoms with Crippen LogP contribution in [0.25, 0.3) is 0 Å². The fraction of sp³-hybridized carbons (Fsp3) is 0.667. The molecule has 0 amide bonds. The van der Waals surface area contributed by atoms with Crippen molar-refractivity contribution < 1.29 is 17.8 Å². The maximum Gasteiger partial charge on any atom is 0.392 e. The van der Waals surface area contributed by atoms with Gasteiger partial charge in [0, 0.05) is 11.3 Å². The van der Waals surface area contributed by atoms with Crippen LogP contribution in [0.15, 0.2) is 35.0 Å². The summed E-state index contributed by atoms with van der Waals surface area (Å²) in [7, 11) is 0. The topological polar surface area (TPSA) is 35.2 Å². The summed E-state index contributed by atoms with van der Waals surface area (Å²) in [6.45, 7) is 8.33. The smallest absolute Gasteiger partial charge is 0.392 e. The molecule has 0 unspecified atom stereocenters. The van der Waals surface area contributed by atoms with Crippen molar-refractivity contribution >= 4 is 6.92 Å². The van der Waals surface area contributed by atoms with Crippen molar-refractivity contribution in [2.75, 3.05) is 0 Å². The van der Waals surface area contributed by atoms with Gasteiger partial charge in [0.05, 0.1) is 6.42 Å². The lowest BCUT2D eigenvalue weighted by atomic mass is 9.47. The van der Waals surface area contributed by atoms with Crippen molar-refractivity contribution in [2.24, 2.45) is 11.1 Å². The number of nitrogens with two attached hydrogens (primary N) is 1. The number of halogens is 3. The summed E-state index contributed by atoms with van der Waals surface area (Å²) in [4.78, 5) is 0. The third kappa shape index (κ3) is 5.44. The third-order valence-corrected chi connectivity index (χ3v) is 4.54. The van der Waals surface area contributed by atoms with Gasteiger partial charge in [-0.15, -0.1) is 0 Å². The number of hydrogen-bond acceptors (Lipinski definition) is 2. The Kier molecular flexibility index (Phi) is 5.29. The minimum absolute atomic E-state index is 0.0978. The van der Waals surface area contributed by atoms with E-state index in [1.807, 2.05) is 6.08 Å². The second kappa shape index (κ2) is 6.62. The van der Waals surface area contributed by atoms with Crippen LogP contribution in [0, 0.1) is 5.41 Å². The fourth-order valence-electron chi connectivity index (χ4n) is 4.00. The van der Waals surface area contributed by atoms with Crippen molar-refractivity contribution in [1.29, 1.82) is 0 Å². The second-order valence-electron chi connectivity index (χ2n) is 8.32. The minimum Gasteiger partial charge on any atom is -0.426 e. The molecule has 2 N–H and O–H groups in total. The summed E-state index contributed by atoms with van der Waals surface area (Å²) in [6, 6.07) is 0. The normalized spacial score (nSPS) is 31.0. The Bertz CT molecular complexity index is 557. The van der Waals surface area contributed by atoms with E-state index in [-0.39, 0.29) is 24.4 Å². The molecule has 0 spiro atoms. The van der Waals surface area contributed by atoms with Gasteiger partial charge in [0.1, 0.15) is 0 Å². The molecule has 24 heavy (non-hydrogen) atoms. The first kappa shape index (κ1) is 19.2. The van der Waals surface area contributed by atoms with Crippen LogP contribution in [-0.4, -0.2) is 18.7 Å². The number of rotatable bonds is 2. The van der Waals surface area contributed by atoms with Crippen LogP contribution in [0.5, 0.6) is 0 Å². The van der Waals surface area contributed by atoms with E-state index >= 15 is 0 Å². The fourth-order valence-corrected chi connectivity index (χ4v) is 4.00. The Morgan fingerprint density at radius 2 is 1.83 bits per heavy atom. The van der Waals surface area contributed by atoms with Crippen LogP contribution in [0.1, 0.15) is 53.4 Å². The van der Waals surface area contributed by atoms with Gasteiger partial charge in [-0.25, -0.2) is 0 Å². The highest BCUT2D eigenvalue weighted by molar-refractivity contribution is 6.62. The van der Waals surface area contributed by atoms with Gasteiger partial charge in [0.15, 0.2) is 0 Å². The Balaban J connectivity index is 2.25. The van der Waals surface area contributed by atoms with Crippen LogP contribution in [0.2, 0.25) is 6.32 Å². The first-order chi connectivity index (χ1) is 10.9. The van der Waals surface area contributed by atoms with E-state index in [4.69, 9.17) is 10.4 Å². The van der Waals surface area contributed by atoms with Gasteiger partial charge in [-0.1, -0.05) is 37.6 Å². The molecule has 134 valence electrons. The highest BCUT2D eigenvalue weighted by Gasteiger charge is 2.43. The number of hydrogen-bond donors (Lipinski definition) is 1. The highest BCUT2D eigenvalue weighted by atomic mass is 19.4. The van der Waals surface area contributed by atoms with Crippen molar-refractivity contribution in [3.05, 3.63) is 35.0 Å². The van der Waals surface area contributed by atoms with E-state index in [2.05, 4.69) is 27.7 Å². The van der Waals surface area contributed by atoms with Gasteiger partial charge < -0.3 is 10.4 Å². The summed E-state index contributed by atoms with van der Waals surface area (Å²) in [5.74, 6) is 0. The molecule has 1 heterocycles. The standard InChI is InChI=1S/C18H27BF3NO/c1-16(2)11-17(3,4)24-19(12-16)14-9-8-13(10-18(20,21)22)6-5-7-15(14)23/h6-7,9H,5,8,10-12,23H2,1-4H3/b13-6+,14-9+,15-7+. The Morgan fingerprint density at radius 1 is 1.17 bits per heavy atom. The Hall–Kier alpha value is -1.17.